The first kappa shape index (κ1) is 20.9. The van der Waals surface area contributed by atoms with Gasteiger partial charge in [0.2, 0.25) is 5.91 Å². The van der Waals surface area contributed by atoms with E-state index in [9.17, 15) is 4.79 Å². The Bertz CT molecular complexity index is 814. The number of hydrogen-bond donors (Lipinski definition) is 1. The number of benzene rings is 2. The first-order valence-electron chi connectivity index (χ1n) is 9.86. The number of aryl methyl sites for hydroxylation is 2. The number of rotatable bonds is 6. The number of ether oxygens (including phenoxy) is 1. The first-order valence-corrected chi connectivity index (χ1v) is 10.8. The summed E-state index contributed by atoms with van der Waals surface area (Å²) in [5.41, 5.74) is 4.47. The third-order valence-electron chi connectivity index (χ3n) is 4.88. The average Bonchev–Trinajstić information content (AvgIpc) is 2.63. The lowest BCUT2D eigenvalue weighted by molar-refractivity contribution is -0.113. The molecule has 1 saturated heterocycles. The van der Waals surface area contributed by atoms with Crippen molar-refractivity contribution < 1.29 is 9.53 Å². The van der Waals surface area contributed by atoms with Crippen LogP contribution in [-0.2, 0) is 16.1 Å². The molecule has 150 valence electrons. The number of anilines is 1. The molecule has 28 heavy (non-hydrogen) atoms. The van der Waals surface area contributed by atoms with Crippen LogP contribution in [-0.4, -0.2) is 41.9 Å². The summed E-state index contributed by atoms with van der Waals surface area (Å²) in [6.07, 6.45) is 0.471. The Hall–Kier alpha value is -1.82. The molecule has 1 fully saturated rings. The number of morpholine rings is 1. The fourth-order valence-electron chi connectivity index (χ4n) is 3.63. The van der Waals surface area contributed by atoms with E-state index >= 15 is 0 Å². The van der Waals surface area contributed by atoms with Crippen LogP contribution in [0, 0.1) is 13.8 Å². The highest BCUT2D eigenvalue weighted by atomic mass is 32.2. The molecule has 0 aromatic heterocycles. The fraction of sp³-hybridized carbons (Fsp3) is 0.435. The second-order valence-electron chi connectivity index (χ2n) is 7.71. The van der Waals surface area contributed by atoms with Gasteiger partial charge in [-0.05, 0) is 51.0 Å². The highest BCUT2D eigenvalue weighted by Gasteiger charge is 2.22. The third-order valence-corrected chi connectivity index (χ3v) is 6.04. The molecule has 5 heteroatoms. The van der Waals surface area contributed by atoms with Crippen LogP contribution in [0.3, 0.4) is 0 Å². The number of thioether (sulfide) groups is 1. The SMILES string of the molecule is Cc1ccc(C)c(SCC(=O)Nc2ccccc2CN2CC(C)OC(C)C2)c1. The number of nitrogens with zero attached hydrogens (tertiary/aromatic N) is 1. The highest BCUT2D eigenvalue weighted by molar-refractivity contribution is 8.00. The van der Waals surface area contributed by atoms with Crippen LogP contribution < -0.4 is 5.32 Å². The van der Waals surface area contributed by atoms with Gasteiger partial charge in [-0.15, -0.1) is 11.8 Å². The number of nitrogens with one attached hydrogen (secondary N) is 1. The molecule has 3 rings (SSSR count). The van der Waals surface area contributed by atoms with Gasteiger partial charge >= 0.3 is 0 Å². The van der Waals surface area contributed by atoms with E-state index in [4.69, 9.17) is 4.74 Å². The van der Waals surface area contributed by atoms with Gasteiger partial charge in [0.15, 0.2) is 0 Å². The zero-order valence-corrected chi connectivity index (χ0v) is 18.0. The maximum atomic E-state index is 12.6. The minimum Gasteiger partial charge on any atom is -0.373 e. The van der Waals surface area contributed by atoms with Crippen molar-refractivity contribution in [2.75, 3.05) is 24.2 Å². The van der Waals surface area contributed by atoms with Crippen LogP contribution in [0.1, 0.15) is 30.5 Å². The number of carbonyl (C=O) groups excluding carboxylic acids is 1. The number of amides is 1. The summed E-state index contributed by atoms with van der Waals surface area (Å²) in [6.45, 7) is 11.0. The number of hydrogen-bond acceptors (Lipinski definition) is 4. The van der Waals surface area contributed by atoms with Crippen LogP contribution >= 0.6 is 11.8 Å². The predicted molar refractivity (Wildman–Crippen MR) is 117 cm³/mol. The maximum Gasteiger partial charge on any atom is 0.234 e. The molecule has 1 aliphatic rings. The Labute approximate surface area is 172 Å². The monoisotopic (exact) mass is 398 g/mol. The van der Waals surface area contributed by atoms with E-state index in [1.807, 2.05) is 18.2 Å². The molecular weight excluding hydrogens is 368 g/mol. The van der Waals surface area contributed by atoms with E-state index < -0.39 is 0 Å². The van der Waals surface area contributed by atoms with Gasteiger partial charge in [-0.3, -0.25) is 9.69 Å². The van der Waals surface area contributed by atoms with Crippen molar-refractivity contribution >= 4 is 23.4 Å². The van der Waals surface area contributed by atoms with E-state index in [-0.39, 0.29) is 18.1 Å². The van der Waals surface area contributed by atoms with Gasteiger partial charge in [-0.25, -0.2) is 0 Å². The molecule has 1 N–H and O–H groups in total. The Morgan fingerprint density at radius 3 is 2.61 bits per heavy atom. The standard InChI is InChI=1S/C23H30N2O2S/c1-16-9-10-17(2)22(11-16)28-15-23(26)24-21-8-6-5-7-20(21)14-25-12-18(3)27-19(4)13-25/h5-11,18-19H,12-15H2,1-4H3,(H,24,26). The number of para-hydroxylation sites is 1. The summed E-state index contributed by atoms with van der Waals surface area (Å²) in [6, 6.07) is 14.4. The quantitative estimate of drug-likeness (QED) is 0.720. The second kappa shape index (κ2) is 9.59. The van der Waals surface area contributed by atoms with Gasteiger partial charge in [0.1, 0.15) is 0 Å². The molecule has 4 nitrogen and oxygen atoms in total. The van der Waals surface area contributed by atoms with Crippen molar-refractivity contribution in [2.45, 2.75) is 51.3 Å². The molecule has 1 heterocycles. The normalized spacial score (nSPS) is 20.1. The third kappa shape index (κ3) is 5.84. The van der Waals surface area contributed by atoms with E-state index in [1.165, 1.54) is 16.0 Å². The molecule has 0 bridgehead atoms. The van der Waals surface area contributed by atoms with Gasteiger partial charge < -0.3 is 10.1 Å². The molecule has 2 atom stereocenters. The van der Waals surface area contributed by atoms with Crippen molar-refractivity contribution in [1.29, 1.82) is 0 Å². The molecular formula is C23H30N2O2S. The lowest BCUT2D eigenvalue weighted by atomic mass is 10.1. The van der Waals surface area contributed by atoms with Gasteiger partial charge in [0.25, 0.3) is 0 Å². The average molecular weight is 399 g/mol. The van der Waals surface area contributed by atoms with E-state index in [0.717, 1.165) is 30.9 Å². The van der Waals surface area contributed by atoms with Gasteiger partial charge in [-0.2, -0.15) is 0 Å². The first-order chi connectivity index (χ1) is 13.4. The molecule has 1 aliphatic heterocycles. The van der Waals surface area contributed by atoms with Crippen molar-refractivity contribution in [1.82, 2.24) is 4.90 Å². The molecule has 0 radical (unpaired) electrons. The zero-order valence-electron chi connectivity index (χ0n) is 17.2. The van der Waals surface area contributed by atoms with Gasteiger partial charge in [0.05, 0.1) is 18.0 Å². The molecule has 2 aromatic carbocycles. The topological polar surface area (TPSA) is 41.6 Å². The van der Waals surface area contributed by atoms with Crippen LogP contribution in [0.2, 0.25) is 0 Å². The smallest absolute Gasteiger partial charge is 0.234 e. The van der Waals surface area contributed by atoms with Crippen LogP contribution in [0.15, 0.2) is 47.4 Å². The highest BCUT2D eigenvalue weighted by Crippen LogP contribution is 2.25. The summed E-state index contributed by atoms with van der Waals surface area (Å²) >= 11 is 1.59. The summed E-state index contributed by atoms with van der Waals surface area (Å²) in [7, 11) is 0. The van der Waals surface area contributed by atoms with Crippen LogP contribution in [0.25, 0.3) is 0 Å². The summed E-state index contributed by atoms with van der Waals surface area (Å²) in [4.78, 5) is 16.1. The van der Waals surface area contributed by atoms with Crippen LogP contribution in [0.5, 0.6) is 0 Å². The Kier molecular flexibility index (Phi) is 7.16. The minimum atomic E-state index is 0.0297. The molecule has 0 aliphatic carbocycles. The second-order valence-corrected chi connectivity index (χ2v) is 8.73. The van der Waals surface area contributed by atoms with Crippen LogP contribution in [0.4, 0.5) is 5.69 Å². The van der Waals surface area contributed by atoms with E-state index in [1.54, 1.807) is 11.8 Å². The molecule has 0 spiro atoms. The molecule has 0 saturated carbocycles. The van der Waals surface area contributed by atoms with Crippen molar-refractivity contribution in [3.05, 3.63) is 59.2 Å². The summed E-state index contributed by atoms with van der Waals surface area (Å²) in [5.74, 6) is 0.437. The maximum absolute atomic E-state index is 12.6. The molecule has 2 aromatic rings. The minimum absolute atomic E-state index is 0.0297. The fourth-order valence-corrected chi connectivity index (χ4v) is 4.55. The predicted octanol–water partition coefficient (Wildman–Crippen LogP) is 4.64. The van der Waals surface area contributed by atoms with Crippen molar-refractivity contribution in [2.24, 2.45) is 0 Å². The molecule has 2 unspecified atom stereocenters. The largest absolute Gasteiger partial charge is 0.373 e. The lowest BCUT2D eigenvalue weighted by Crippen LogP contribution is -2.44. The Morgan fingerprint density at radius 2 is 1.86 bits per heavy atom. The lowest BCUT2D eigenvalue weighted by Gasteiger charge is -2.35. The summed E-state index contributed by atoms with van der Waals surface area (Å²) in [5, 5.41) is 3.11. The molecule has 1 amide bonds. The van der Waals surface area contributed by atoms with E-state index in [2.05, 4.69) is 62.2 Å². The van der Waals surface area contributed by atoms with Crippen molar-refractivity contribution in [3.63, 3.8) is 0 Å². The Morgan fingerprint density at radius 1 is 1.14 bits per heavy atom. The summed E-state index contributed by atoms with van der Waals surface area (Å²) < 4.78 is 5.83. The zero-order chi connectivity index (χ0) is 20.1. The van der Waals surface area contributed by atoms with Gasteiger partial charge in [0, 0.05) is 30.2 Å². The Balaban J connectivity index is 1.61. The van der Waals surface area contributed by atoms with Crippen molar-refractivity contribution in [3.8, 4) is 0 Å². The van der Waals surface area contributed by atoms with E-state index in [0.29, 0.717) is 5.75 Å². The van der Waals surface area contributed by atoms with Gasteiger partial charge in [-0.1, -0.05) is 35.9 Å². The number of carbonyl (C=O) groups is 1.